The minimum Gasteiger partial charge on any atom is -0.443 e. The number of carbonyl (C=O) groups excluding carboxylic acids is 1. The lowest BCUT2D eigenvalue weighted by molar-refractivity contribution is 0.0540. The largest absolute Gasteiger partial charge is 0.443 e. The van der Waals surface area contributed by atoms with Crippen molar-refractivity contribution in [2.24, 2.45) is 0 Å². The van der Waals surface area contributed by atoms with Gasteiger partial charge in [0.25, 0.3) is 0 Å². The molecule has 0 radical (unpaired) electrons. The molecule has 0 spiro atoms. The summed E-state index contributed by atoms with van der Waals surface area (Å²) in [5.41, 5.74) is 4.90. The summed E-state index contributed by atoms with van der Waals surface area (Å²) in [7, 11) is 0. The summed E-state index contributed by atoms with van der Waals surface area (Å²) < 4.78 is 7.93. The van der Waals surface area contributed by atoms with Crippen molar-refractivity contribution in [1.29, 1.82) is 0 Å². The van der Waals surface area contributed by atoms with Crippen molar-refractivity contribution >= 4 is 22.0 Å². The van der Waals surface area contributed by atoms with Gasteiger partial charge in [-0.15, -0.1) is 0 Å². The normalized spacial score (nSPS) is 11.6. The van der Waals surface area contributed by atoms with E-state index in [0.717, 1.165) is 26.9 Å². The number of halogens is 1. The zero-order valence-electron chi connectivity index (χ0n) is 14.0. The Morgan fingerprint density at radius 2 is 1.64 bits per heavy atom. The van der Waals surface area contributed by atoms with Gasteiger partial charge in [0.05, 0.1) is 5.69 Å². The molecule has 1 heterocycles. The topological polar surface area (TPSA) is 31.2 Å². The number of hydrogen-bond donors (Lipinski definition) is 0. The average Bonchev–Trinajstić information content (AvgIpc) is 2.67. The van der Waals surface area contributed by atoms with Gasteiger partial charge in [-0.2, -0.15) is 0 Å². The molecule has 0 atom stereocenters. The number of aromatic nitrogens is 1. The van der Waals surface area contributed by atoms with Crippen LogP contribution in [0.5, 0.6) is 0 Å². The van der Waals surface area contributed by atoms with E-state index in [1.165, 1.54) is 5.56 Å². The monoisotopic (exact) mass is 363 g/mol. The van der Waals surface area contributed by atoms with Gasteiger partial charge in [0.2, 0.25) is 0 Å². The van der Waals surface area contributed by atoms with Crippen LogP contribution in [0.1, 0.15) is 37.5 Å². The molecule has 0 N–H and O–H groups in total. The predicted octanol–water partition coefficient (Wildman–Crippen LogP) is 5.63. The van der Waals surface area contributed by atoms with E-state index in [2.05, 4.69) is 48.8 Å². The van der Waals surface area contributed by atoms with Crippen LogP contribution in [-0.4, -0.2) is 16.3 Å². The fraction of sp³-hybridized carbons (Fsp3) is 0.389. The van der Waals surface area contributed by atoms with Gasteiger partial charge in [0.1, 0.15) is 5.60 Å². The molecule has 0 aliphatic rings. The Hall–Kier alpha value is -1.55. The lowest BCUT2D eigenvalue weighted by Gasteiger charge is -2.21. The molecule has 2 aromatic rings. The Kier molecular flexibility index (Phi) is 4.52. The smallest absolute Gasteiger partial charge is 0.419 e. The van der Waals surface area contributed by atoms with Crippen LogP contribution in [-0.2, 0) is 4.74 Å². The van der Waals surface area contributed by atoms with E-state index in [-0.39, 0.29) is 6.09 Å². The van der Waals surface area contributed by atoms with Crippen molar-refractivity contribution in [2.45, 2.75) is 47.1 Å². The number of ether oxygens (including phenoxy) is 1. The minimum absolute atomic E-state index is 0.368. The first kappa shape index (κ1) is 16.8. The van der Waals surface area contributed by atoms with Gasteiger partial charge in [0, 0.05) is 16.2 Å². The highest BCUT2D eigenvalue weighted by Gasteiger charge is 2.22. The SMILES string of the molecule is Cc1cc(C)c(-c2cc(Br)cn2C(=O)OC(C)(C)C)c(C)c1. The van der Waals surface area contributed by atoms with Crippen LogP contribution in [0.2, 0.25) is 0 Å². The molecule has 22 heavy (non-hydrogen) atoms. The molecule has 1 aromatic heterocycles. The summed E-state index contributed by atoms with van der Waals surface area (Å²) in [5.74, 6) is 0. The van der Waals surface area contributed by atoms with Gasteiger partial charge >= 0.3 is 6.09 Å². The lowest BCUT2D eigenvalue weighted by Crippen LogP contribution is -2.27. The molecule has 0 unspecified atom stereocenters. The highest BCUT2D eigenvalue weighted by molar-refractivity contribution is 9.10. The molecule has 0 bridgehead atoms. The van der Waals surface area contributed by atoms with E-state index >= 15 is 0 Å². The van der Waals surface area contributed by atoms with E-state index in [1.807, 2.05) is 26.8 Å². The van der Waals surface area contributed by atoms with Crippen LogP contribution < -0.4 is 0 Å². The molecule has 0 amide bonds. The molecular weight excluding hydrogens is 342 g/mol. The molecule has 4 heteroatoms. The fourth-order valence-electron chi connectivity index (χ4n) is 2.67. The highest BCUT2D eigenvalue weighted by Crippen LogP contribution is 2.32. The first-order valence-corrected chi connectivity index (χ1v) is 8.07. The molecule has 0 saturated heterocycles. The lowest BCUT2D eigenvalue weighted by atomic mass is 9.97. The van der Waals surface area contributed by atoms with Gasteiger partial charge in [-0.05, 0) is 74.7 Å². The number of rotatable bonds is 1. The zero-order chi connectivity index (χ0) is 16.7. The summed E-state index contributed by atoms with van der Waals surface area (Å²) in [6.45, 7) is 11.8. The molecule has 3 nitrogen and oxygen atoms in total. The average molecular weight is 364 g/mol. The van der Waals surface area contributed by atoms with Gasteiger partial charge in [-0.1, -0.05) is 17.7 Å². The standard InChI is InChI=1S/C18H22BrNO2/c1-11-7-12(2)16(13(3)8-11)15-9-14(19)10-20(15)17(21)22-18(4,5)6/h7-10H,1-6H3. The third kappa shape index (κ3) is 3.61. The fourth-order valence-corrected chi connectivity index (χ4v) is 3.09. The Labute approximate surface area is 140 Å². The van der Waals surface area contributed by atoms with Crippen LogP contribution >= 0.6 is 15.9 Å². The van der Waals surface area contributed by atoms with E-state index in [0.29, 0.717) is 0 Å². The second kappa shape index (κ2) is 5.92. The van der Waals surface area contributed by atoms with Crippen LogP contribution in [0.4, 0.5) is 4.79 Å². The summed E-state index contributed by atoms with van der Waals surface area (Å²) in [5, 5.41) is 0. The van der Waals surface area contributed by atoms with E-state index < -0.39 is 5.60 Å². The Balaban J connectivity index is 2.57. The summed E-state index contributed by atoms with van der Waals surface area (Å²) in [6, 6.07) is 6.21. The van der Waals surface area contributed by atoms with Crippen molar-refractivity contribution in [2.75, 3.05) is 0 Å². The third-order valence-corrected chi connectivity index (χ3v) is 3.74. The van der Waals surface area contributed by atoms with Gasteiger partial charge in [-0.25, -0.2) is 4.79 Å². The molecule has 0 aliphatic carbocycles. The molecule has 2 rings (SSSR count). The number of hydrogen-bond acceptors (Lipinski definition) is 2. The molecular formula is C18H22BrNO2. The van der Waals surface area contributed by atoms with Crippen molar-refractivity contribution in [3.63, 3.8) is 0 Å². The predicted molar refractivity (Wildman–Crippen MR) is 93.4 cm³/mol. The Bertz CT molecular complexity index is 700. The van der Waals surface area contributed by atoms with Crippen molar-refractivity contribution in [1.82, 2.24) is 4.57 Å². The van der Waals surface area contributed by atoms with E-state index in [1.54, 1.807) is 10.8 Å². The maximum absolute atomic E-state index is 12.5. The number of nitrogens with zero attached hydrogens (tertiary/aromatic N) is 1. The summed E-state index contributed by atoms with van der Waals surface area (Å²) in [4.78, 5) is 12.5. The second-order valence-corrected chi connectivity index (χ2v) is 7.58. The van der Waals surface area contributed by atoms with Crippen LogP contribution in [0, 0.1) is 20.8 Å². The molecule has 0 saturated carbocycles. The molecule has 118 valence electrons. The first-order valence-electron chi connectivity index (χ1n) is 7.28. The number of benzene rings is 1. The summed E-state index contributed by atoms with van der Waals surface area (Å²) in [6.07, 6.45) is 1.38. The van der Waals surface area contributed by atoms with Crippen LogP contribution in [0.3, 0.4) is 0 Å². The Morgan fingerprint density at radius 3 is 2.14 bits per heavy atom. The number of carbonyl (C=O) groups is 1. The molecule has 0 aliphatic heterocycles. The van der Waals surface area contributed by atoms with Crippen molar-refractivity contribution < 1.29 is 9.53 Å². The minimum atomic E-state index is -0.525. The van der Waals surface area contributed by atoms with Crippen LogP contribution in [0.25, 0.3) is 11.3 Å². The quantitative estimate of drug-likeness (QED) is 0.657. The zero-order valence-corrected chi connectivity index (χ0v) is 15.5. The second-order valence-electron chi connectivity index (χ2n) is 6.67. The van der Waals surface area contributed by atoms with Gasteiger partial charge < -0.3 is 4.74 Å². The highest BCUT2D eigenvalue weighted by atomic mass is 79.9. The van der Waals surface area contributed by atoms with E-state index in [4.69, 9.17) is 4.74 Å². The van der Waals surface area contributed by atoms with Gasteiger partial charge in [-0.3, -0.25) is 4.57 Å². The van der Waals surface area contributed by atoms with Crippen molar-refractivity contribution in [3.05, 3.63) is 45.6 Å². The first-order chi connectivity index (χ1) is 10.1. The number of aryl methyl sites for hydroxylation is 3. The maximum atomic E-state index is 12.5. The van der Waals surface area contributed by atoms with Crippen molar-refractivity contribution in [3.8, 4) is 11.3 Å². The van der Waals surface area contributed by atoms with E-state index in [9.17, 15) is 4.79 Å². The third-order valence-electron chi connectivity index (χ3n) is 3.31. The Morgan fingerprint density at radius 1 is 1.09 bits per heavy atom. The van der Waals surface area contributed by atoms with Crippen LogP contribution in [0.15, 0.2) is 28.9 Å². The summed E-state index contributed by atoms with van der Waals surface area (Å²) >= 11 is 3.46. The molecule has 1 aromatic carbocycles. The maximum Gasteiger partial charge on any atom is 0.419 e. The molecule has 0 fully saturated rings. The van der Waals surface area contributed by atoms with Gasteiger partial charge in [0.15, 0.2) is 0 Å².